The Labute approximate surface area is 66.6 Å². The van der Waals surface area contributed by atoms with E-state index in [2.05, 4.69) is 28.6 Å². The number of nitrogens with zero attached hydrogens (tertiary/aromatic N) is 2. The van der Waals surface area contributed by atoms with Crippen molar-refractivity contribution < 1.29 is 0 Å². The van der Waals surface area contributed by atoms with Crippen molar-refractivity contribution in [2.24, 2.45) is 0 Å². The fourth-order valence-electron chi connectivity index (χ4n) is 1.46. The molecule has 0 unspecified atom stereocenters. The van der Waals surface area contributed by atoms with Gasteiger partial charge in [0.05, 0.1) is 0 Å². The maximum Gasteiger partial charge on any atom is 0.132 e. The highest BCUT2D eigenvalue weighted by atomic mass is 15.1. The highest BCUT2D eigenvalue weighted by molar-refractivity contribution is 5.41. The van der Waals surface area contributed by atoms with Gasteiger partial charge in [-0.25, -0.2) is 4.98 Å². The van der Waals surface area contributed by atoms with Gasteiger partial charge in [0, 0.05) is 18.4 Å². The van der Waals surface area contributed by atoms with Crippen molar-refractivity contribution in [3.8, 4) is 0 Å². The van der Waals surface area contributed by atoms with Gasteiger partial charge < -0.3 is 4.57 Å². The molecule has 0 bridgehead atoms. The van der Waals surface area contributed by atoms with Gasteiger partial charge in [0.25, 0.3) is 0 Å². The molecule has 0 aliphatic carbocycles. The van der Waals surface area contributed by atoms with Crippen LogP contribution < -0.4 is 0 Å². The largest absolute Gasteiger partial charge is 0.329 e. The summed E-state index contributed by atoms with van der Waals surface area (Å²) < 4.78 is 2.27. The number of hydrogen-bond acceptors (Lipinski definition) is 1. The van der Waals surface area contributed by atoms with Gasteiger partial charge in [-0.1, -0.05) is 6.08 Å². The average molecular weight is 148 g/mol. The van der Waals surface area contributed by atoms with Gasteiger partial charge in [-0.05, 0) is 25.8 Å². The van der Waals surface area contributed by atoms with Crippen LogP contribution in [0.15, 0.2) is 12.3 Å². The lowest BCUT2D eigenvalue weighted by atomic mass is 10.3. The van der Waals surface area contributed by atoms with Gasteiger partial charge in [0.15, 0.2) is 0 Å². The molecule has 0 saturated carbocycles. The molecule has 2 heteroatoms. The standard InChI is InChI=1S/C9H12N2/c1-8-7-10-9-5-3-2-4-6-11(8)9/h3,5,7H,2,4,6H2,1H3. The summed E-state index contributed by atoms with van der Waals surface area (Å²) in [6.45, 7) is 3.23. The Morgan fingerprint density at radius 2 is 2.45 bits per heavy atom. The summed E-state index contributed by atoms with van der Waals surface area (Å²) in [6, 6.07) is 0. The van der Waals surface area contributed by atoms with Gasteiger partial charge in [-0.2, -0.15) is 0 Å². The number of imidazole rings is 1. The zero-order chi connectivity index (χ0) is 7.68. The summed E-state index contributed by atoms with van der Waals surface area (Å²) in [7, 11) is 0. The minimum atomic E-state index is 1.11. The van der Waals surface area contributed by atoms with Crippen LogP contribution in [0, 0.1) is 6.92 Å². The van der Waals surface area contributed by atoms with Gasteiger partial charge in [-0.3, -0.25) is 0 Å². The molecule has 0 atom stereocenters. The van der Waals surface area contributed by atoms with Crippen LogP contribution in [0.4, 0.5) is 0 Å². The van der Waals surface area contributed by atoms with Gasteiger partial charge in [0.2, 0.25) is 0 Å². The van der Waals surface area contributed by atoms with Crippen molar-refractivity contribution >= 4 is 6.08 Å². The van der Waals surface area contributed by atoms with Gasteiger partial charge in [0.1, 0.15) is 5.82 Å². The average Bonchev–Trinajstić information content (AvgIpc) is 2.25. The summed E-state index contributed by atoms with van der Waals surface area (Å²) in [5.74, 6) is 1.11. The number of aryl methyl sites for hydroxylation is 1. The lowest BCUT2D eigenvalue weighted by Gasteiger charge is -2.03. The third kappa shape index (κ3) is 1.09. The van der Waals surface area contributed by atoms with Crippen LogP contribution in [-0.4, -0.2) is 9.55 Å². The summed E-state index contributed by atoms with van der Waals surface area (Å²) >= 11 is 0. The highest BCUT2D eigenvalue weighted by Gasteiger charge is 2.04. The van der Waals surface area contributed by atoms with Crippen LogP contribution in [0.3, 0.4) is 0 Å². The van der Waals surface area contributed by atoms with Crippen molar-refractivity contribution in [2.45, 2.75) is 26.3 Å². The number of rotatable bonds is 0. The first-order valence-electron chi connectivity index (χ1n) is 4.06. The third-order valence-electron chi connectivity index (χ3n) is 2.11. The highest BCUT2D eigenvalue weighted by Crippen LogP contribution is 2.12. The monoisotopic (exact) mass is 148 g/mol. The number of fused-ring (bicyclic) bond motifs is 1. The Balaban J connectivity index is 2.47. The Hall–Kier alpha value is -1.05. The molecule has 1 aromatic heterocycles. The smallest absolute Gasteiger partial charge is 0.132 e. The molecule has 58 valence electrons. The minimum Gasteiger partial charge on any atom is -0.329 e. The molecule has 0 spiro atoms. The Bertz CT molecular complexity index is 284. The summed E-state index contributed by atoms with van der Waals surface area (Å²) in [4.78, 5) is 4.29. The summed E-state index contributed by atoms with van der Waals surface area (Å²) in [5.41, 5.74) is 1.27. The van der Waals surface area contributed by atoms with E-state index in [1.165, 1.54) is 18.5 Å². The topological polar surface area (TPSA) is 17.8 Å². The molecule has 2 rings (SSSR count). The molecule has 11 heavy (non-hydrogen) atoms. The zero-order valence-electron chi connectivity index (χ0n) is 6.75. The van der Waals surface area contributed by atoms with Crippen LogP contribution in [0.5, 0.6) is 0 Å². The minimum absolute atomic E-state index is 1.11. The van der Waals surface area contributed by atoms with Crippen LogP contribution in [-0.2, 0) is 6.54 Å². The predicted octanol–water partition coefficient (Wildman–Crippen LogP) is 2.00. The van der Waals surface area contributed by atoms with E-state index in [-0.39, 0.29) is 0 Å². The zero-order valence-corrected chi connectivity index (χ0v) is 6.75. The molecule has 0 fully saturated rings. The third-order valence-corrected chi connectivity index (χ3v) is 2.11. The normalized spacial score (nSPS) is 16.1. The molecular weight excluding hydrogens is 136 g/mol. The molecule has 1 aliphatic heterocycles. The molecule has 1 aliphatic rings. The van der Waals surface area contributed by atoms with Crippen molar-refractivity contribution in [1.29, 1.82) is 0 Å². The first-order valence-corrected chi connectivity index (χ1v) is 4.06. The lowest BCUT2D eigenvalue weighted by Crippen LogP contribution is -2.00. The van der Waals surface area contributed by atoms with Crippen molar-refractivity contribution in [3.63, 3.8) is 0 Å². The van der Waals surface area contributed by atoms with Crippen molar-refractivity contribution in [1.82, 2.24) is 9.55 Å². The Kier molecular flexibility index (Phi) is 1.53. The maximum atomic E-state index is 4.29. The number of hydrogen-bond donors (Lipinski definition) is 0. The molecule has 1 aromatic rings. The molecule has 0 N–H and O–H groups in total. The fourth-order valence-corrected chi connectivity index (χ4v) is 1.46. The SMILES string of the molecule is Cc1cnc2n1CCCC=C2. The lowest BCUT2D eigenvalue weighted by molar-refractivity contribution is 0.640. The van der Waals surface area contributed by atoms with Crippen LogP contribution in [0.2, 0.25) is 0 Å². The van der Waals surface area contributed by atoms with Crippen LogP contribution in [0.1, 0.15) is 24.4 Å². The van der Waals surface area contributed by atoms with Gasteiger partial charge >= 0.3 is 0 Å². The molecule has 2 heterocycles. The second-order valence-electron chi connectivity index (χ2n) is 2.95. The van der Waals surface area contributed by atoms with Crippen LogP contribution >= 0.6 is 0 Å². The second-order valence-corrected chi connectivity index (χ2v) is 2.95. The van der Waals surface area contributed by atoms with Crippen molar-refractivity contribution in [2.75, 3.05) is 0 Å². The van der Waals surface area contributed by atoms with E-state index >= 15 is 0 Å². The number of aromatic nitrogens is 2. The van der Waals surface area contributed by atoms with E-state index in [1.807, 2.05) is 6.20 Å². The van der Waals surface area contributed by atoms with E-state index in [0.717, 1.165) is 12.4 Å². The van der Waals surface area contributed by atoms with E-state index < -0.39 is 0 Å². The van der Waals surface area contributed by atoms with Crippen molar-refractivity contribution in [3.05, 3.63) is 23.8 Å². The molecule has 0 radical (unpaired) electrons. The first kappa shape index (κ1) is 6.65. The van der Waals surface area contributed by atoms with E-state index in [0.29, 0.717) is 0 Å². The molecule has 0 amide bonds. The molecule has 2 nitrogen and oxygen atoms in total. The van der Waals surface area contributed by atoms with E-state index in [1.54, 1.807) is 0 Å². The first-order chi connectivity index (χ1) is 5.38. The second kappa shape index (κ2) is 2.53. The summed E-state index contributed by atoms with van der Waals surface area (Å²) in [5, 5.41) is 0. The molecule has 0 aromatic carbocycles. The van der Waals surface area contributed by atoms with Gasteiger partial charge in [-0.15, -0.1) is 0 Å². The molecule has 0 saturated heterocycles. The summed E-state index contributed by atoms with van der Waals surface area (Å²) in [6.07, 6.45) is 8.67. The predicted molar refractivity (Wildman–Crippen MR) is 45.2 cm³/mol. The Morgan fingerprint density at radius 3 is 3.36 bits per heavy atom. The quantitative estimate of drug-likeness (QED) is 0.550. The van der Waals surface area contributed by atoms with E-state index in [9.17, 15) is 0 Å². The van der Waals surface area contributed by atoms with Crippen LogP contribution in [0.25, 0.3) is 6.08 Å². The van der Waals surface area contributed by atoms with E-state index in [4.69, 9.17) is 0 Å². The maximum absolute atomic E-state index is 4.29. The number of allylic oxidation sites excluding steroid dienone is 1. The Morgan fingerprint density at radius 1 is 1.55 bits per heavy atom. The fraction of sp³-hybridized carbons (Fsp3) is 0.444. The molecular formula is C9H12N2.